The van der Waals surface area contributed by atoms with Crippen LogP contribution in [0.5, 0.6) is 11.6 Å². The molecule has 1 unspecified atom stereocenters. The summed E-state index contributed by atoms with van der Waals surface area (Å²) in [6.07, 6.45) is 3.93. The van der Waals surface area contributed by atoms with Gasteiger partial charge in [-0.15, -0.1) is 0 Å². The second-order valence-corrected chi connectivity index (χ2v) is 9.41. The minimum atomic E-state index is -0.229. The number of nitrogens with one attached hydrogen (secondary N) is 1. The summed E-state index contributed by atoms with van der Waals surface area (Å²) < 4.78 is 11.3. The van der Waals surface area contributed by atoms with E-state index in [1.165, 1.54) is 7.11 Å². The minimum absolute atomic E-state index is 0.164. The molecule has 184 valence electrons. The van der Waals surface area contributed by atoms with Gasteiger partial charge in [0.25, 0.3) is 5.91 Å². The summed E-state index contributed by atoms with van der Waals surface area (Å²) in [5.41, 5.74) is 3.94. The number of para-hydroxylation sites is 1. The van der Waals surface area contributed by atoms with Gasteiger partial charge in [0.15, 0.2) is 0 Å². The van der Waals surface area contributed by atoms with Crippen LogP contribution in [-0.4, -0.2) is 43.7 Å². The lowest BCUT2D eigenvalue weighted by atomic mass is 9.99. The number of carbonyl (C=O) groups is 1. The molecule has 9 heteroatoms. The number of hydrogen-bond donors (Lipinski definition) is 1. The Bertz CT molecular complexity index is 1480. The predicted octanol–water partition coefficient (Wildman–Crippen LogP) is 5.93. The van der Waals surface area contributed by atoms with Crippen LogP contribution < -0.4 is 19.7 Å². The van der Waals surface area contributed by atoms with E-state index in [1.807, 2.05) is 55.4 Å². The Hall–Kier alpha value is -3.55. The van der Waals surface area contributed by atoms with Crippen LogP contribution in [0.25, 0.3) is 22.0 Å². The lowest BCUT2D eigenvalue weighted by Crippen LogP contribution is -2.33. The molecule has 0 aliphatic carbocycles. The molecule has 0 saturated heterocycles. The van der Waals surface area contributed by atoms with E-state index in [0.29, 0.717) is 62.2 Å². The second kappa shape index (κ2) is 9.84. The smallest absolute Gasteiger partial charge is 0.255 e. The lowest BCUT2D eigenvalue weighted by Gasteiger charge is -2.27. The van der Waals surface area contributed by atoms with Crippen LogP contribution in [0.15, 0.2) is 54.9 Å². The van der Waals surface area contributed by atoms with Crippen molar-refractivity contribution in [2.45, 2.75) is 12.5 Å². The van der Waals surface area contributed by atoms with Gasteiger partial charge in [0.05, 0.1) is 52.1 Å². The largest absolute Gasteiger partial charge is 0.493 e. The maximum atomic E-state index is 13.6. The van der Waals surface area contributed by atoms with Crippen LogP contribution in [0, 0.1) is 0 Å². The van der Waals surface area contributed by atoms with Gasteiger partial charge in [0.1, 0.15) is 5.75 Å². The van der Waals surface area contributed by atoms with Crippen LogP contribution in [0.4, 0.5) is 5.69 Å². The predicted molar refractivity (Wildman–Crippen MR) is 143 cm³/mol. The van der Waals surface area contributed by atoms with Gasteiger partial charge in [-0.3, -0.25) is 9.78 Å². The molecule has 1 aliphatic heterocycles. The van der Waals surface area contributed by atoms with Gasteiger partial charge < -0.3 is 19.7 Å². The Morgan fingerprint density at radius 2 is 1.92 bits per heavy atom. The first-order valence-corrected chi connectivity index (χ1v) is 12.2. The highest BCUT2D eigenvalue weighted by Crippen LogP contribution is 2.43. The number of pyridine rings is 2. The number of methoxy groups -OCH3 is 1. The molecule has 4 aromatic rings. The van der Waals surface area contributed by atoms with Gasteiger partial charge in [-0.1, -0.05) is 53.5 Å². The van der Waals surface area contributed by atoms with Crippen molar-refractivity contribution in [2.24, 2.45) is 0 Å². The van der Waals surface area contributed by atoms with E-state index in [2.05, 4.69) is 10.3 Å². The molecule has 2 aromatic carbocycles. The first kappa shape index (κ1) is 24.2. The SMILES string of the molecule is COc1ncc2c(N(C)C)c(C(=O)NC3CCOc4ccccc43)cnc2c1-c1cccc(Cl)c1Cl. The highest BCUT2D eigenvalue weighted by Gasteiger charge is 2.27. The zero-order chi connectivity index (χ0) is 25.4. The van der Waals surface area contributed by atoms with Gasteiger partial charge in [0, 0.05) is 49.4 Å². The standard InChI is InChI=1S/C27H24Cl2N4O3/c1-33(2)25-17-13-31-27(35-3)22(16-8-6-9-19(28)23(16)29)24(17)30-14-18(25)26(34)32-20-11-12-36-21-10-5-4-7-15(20)21/h4-10,13-14,20H,11-12H2,1-3H3,(H,32,34). The Morgan fingerprint density at radius 3 is 2.69 bits per heavy atom. The van der Waals surface area contributed by atoms with E-state index < -0.39 is 0 Å². The number of nitrogens with zero attached hydrogens (tertiary/aromatic N) is 3. The Kier molecular flexibility index (Phi) is 6.60. The van der Waals surface area contributed by atoms with Crippen LogP contribution in [0.2, 0.25) is 10.0 Å². The van der Waals surface area contributed by atoms with Crippen LogP contribution >= 0.6 is 23.2 Å². The van der Waals surface area contributed by atoms with Crippen molar-refractivity contribution < 1.29 is 14.3 Å². The molecule has 0 fully saturated rings. The summed E-state index contributed by atoms with van der Waals surface area (Å²) >= 11 is 12.9. The van der Waals surface area contributed by atoms with Crippen molar-refractivity contribution in [3.63, 3.8) is 0 Å². The molecule has 1 atom stereocenters. The van der Waals surface area contributed by atoms with Crippen molar-refractivity contribution >= 4 is 45.7 Å². The van der Waals surface area contributed by atoms with Crippen LogP contribution in [0.1, 0.15) is 28.4 Å². The molecule has 3 heterocycles. The minimum Gasteiger partial charge on any atom is -0.493 e. The van der Waals surface area contributed by atoms with Gasteiger partial charge in [-0.25, -0.2) is 4.98 Å². The molecule has 1 N–H and O–H groups in total. The molecule has 1 aliphatic rings. The first-order chi connectivity index (χ1) is 17.4. The number of ether oxygens (including phenoxy) is 2. The number of amides is 1. The Morgan fingerprint density at radius 1 is 1.11 bits per heavy atom. The van der Waals surface area contributed by atoms with Crippen LogP contribution in [-0.2, 0) is 0 Å². The molecule has 0 spiro atoms. The van der Waals surface area contributed by atoms with Crippen molar-refractivity contribution in [2.75, 3.05) is 32.7 Å². The van der Waals surface area contributed by atoms with Gasteiger partial charge in [0.2, 0.25) is 5.88 Å². The normalized spacial score (nSPS) is 14.6. The molecule has 1 amide bonds. The summed E-state index contributed by atoms with van der Waals surface area (Å²) in [6, 6.07) is 13.0. The number of carbonyl (C=O) groups excluding carboxylic acids is 1. The summed E-state index contributed by atoms with van der Waals surface area (Å²) in [5, 5.41) is 4.64. The average molecular weight is 523 g/mol. The van der Waals surface area contributed by atoms with Gasteiger partial charge in [-0.2, -0.15) is 0 Å². The Labute approximate surface area is 219 Å². The third-order valence-electron chi connectivity index (χ3n) is 6.22. The number of aromatic nitrogens is 2. The molecule has 0 radical (unpaired) electrons. The number of fused-ring (bicyclic) bond motifs is 2. The summed E-state index contributed by atoms with van der Waals surface area (Å²) in [5.74, 6) is 0.922. The Balaban J connectivity index is 1.64. The van der Waals surface area contributed by atoms with Crippen molar-refractivity contribution in [1.29, 1.82) is 0 Å². The molecular weight excluding hydrogens is 499 g/mol. The van der Waals surface area contributed by atoms with E-state index in [1.54, 1.807) is 18.5 Å². The van der Waals surface area contributed by atoms with Crippen molar-refractivity contribution in [1.82, 2.24) is 15.3 Å². The maximum absolute atomic E-state index is 13.6. The van der Waals surface area contributed by atoms with Crippen molar-refractivity contribution in [3.05, 3.63) is 76.0 Å². The summed E-state index contributed by atoms with van der Waals surface area (Å²) in [7, 11) is 5.30. The molecular formula is C27H24Cl2N4O3. The van der Waals surface area contributed by atoms with Gasteiger partial charge >= 0.3 is 0 Å². The number of halogens is 2. The van der Waals surface area contributed by atoms with E-state index in [4.69, 9.17) is 37.7 Å². The molecule has 0 bridgehead atoms. The van der Waals surface area contributed by atoms with E-state index in [9.17, 15) is 4.79 Å². The fourth-order valence-electron chi connectivity index (χ4n) is 4.60. The number of hydrogen-bond acceptors (Lipinski definition) is 6. The van der Waals surface area contributed by atoms with E-state index >= 15 is 0 Å². The summed E-state index contributed by atoms with van der Waals surface area (Å²) in [4.78, 5) is 24.7. The maximum Gasteiger partial charge on any atom is 0.255 e. The quantitative estimate of drug-likeness (QED) is 0.350. The third kappa shape index (κ3) is 4.18. The highest BCUT2D eigenvalue weighted by atomic mass is 35.5. The molecule has 0 saturated carbocycles. The zero-order valence-electron chi connectivity index (χ0n) is 20.0. The topological polar surface area (TPSA) is 76.6 Å². The van der Waals surface area contributed by atoms with Crippen LogP contribution in [0.3, 0.4) is 0 Å². The molecule has 36 heavy (non-hydrogen) atoms. The number of anilines is 1. The highest BCUT2D eigenvalue weighted by molar-refractivity contribution is 6.44. The average Bonchev–Trinajstić information content (AvgIpc) is 2.89. The van der Waals surface area contributed by atoms with Gasteiger partial charge in [-0.05, 0) is 12.1 Å². The third-order valence-corrected chi connectivity index (χ3v) is 7.04. The summed E-state index contributed by atoms with van der Waals surface area (Å²) in [6.45, 7) is 0.534. The van der Waals surface area contributed by atoms with Crippen molar-refractivity contribution in [3.8, 4) is 22.8 Å². The zero-order valence-corrected chi connectivity index (χ0v) is 21.5. The van der Waals surface area contributed by atoms with E-state index in [0.717, 1.165) is 11.3 Å². The fourth-order valence-corrected chi connectivity index (χ4v) is 4.99. The molecule has 5 rings (SSSR count). The second-order valence-electron chi connectivity index (χ2n) is 8.62. The fraction of sp³-hybridized carbons (Fsp3) is 0.222. The number of benzene rings is 2. The lowest BCUT2D eigenvalue weighted by molar-refractivity contribution is 0.0925. The first-order valence-electron chi connectivity index (χ1n) is 11.4. The molecule has 2 aromatic heterocycles. The number of rotatable bonds is 5. The molecule has 7 nitrogen and oxygen atoms in total. The monoisotopic (exact) mass is 522 g/mol. The van der Waals surface area contributed by atoms with E-state index in [-0.39, 0.29) is 11.9 Å².